The Kier molecular flexibility index (Phi) is 40.5. The molecule has 0 aliphatic heterocycles. The van der Waals surface area contributed by atoms with Crippen LogP contribution in [0, 0.1) is 0 Å². The number of imide groups is 1. The van der Waals surface area contributed by atoms with Gasteiger partial charge >= 0.3 is 0 Å². The third-order valence-electron chi connectivity index (χ3n) is 6.01. The van der Waals surface area contributed by atoms with Gasteiger partial charge in [-0.2, -0.15) is 0 Å². The van der Waals surface area contributed by atoms with E-state index in [2.05, 4.69) is 27.7 Å². The van der Waals surface area contributed by atoms with Crippen molar-refractivity contribution in [3.05, 3.63) is 0 Å². The quantitative estimate of drug-likeness (QED) is 0.113. The van der Waals surface area contributed by atoms with Crippen molar-refractivity contribution in [3.63, 3.8) is 0 Å². The van der Waals surface area contributed by atoms with E-state index in [9.17, 15) is 5.11 Å². The summed E-state index contributed by atoms with van der Waals surface area (Å²) in [7, 11) is 1.87. The number of hydrogen-bond acceptors (Lipinski definition) is 4. The van der Waals surface area contributed by atoms with Crippen molar-refractivity contribution in [2.24, 2.45) is 0 Å². The Bertz CT molecular complexity index is 336. The lowest BCUT2D eigenvalue weighted by Gasteiger charge is -2.14. The third kappa shape index (κ3) is 38.3. The van der Waals surface area contributed by atoms with Gasteiger partial charge in [0.25, 0.3) is 0 Å². The van der Waals surface area contributed by atoms with E-state index >= 15 is 0 Å². The summed E-state index contributed by atoms with van der Waals surface area (Å²) in [4.78, 5) is 18.1. The van der Waals surface area contributed by atoms with Gasteiger partial charge in [0.1, 0.15) is 0 Å². The zero-order valence-electron chi connectivity index (χ0n) is 23.6. The number of unbranched alkanes of at least 4 members (excludes halogenated alkanes) is 12. The molecule has 0 fully saturated rings. The van der Waals surface area contributed by atoms with Gasteiger partial charge in [-0.3, -0.25) is 9.59 Å². The molecule has 0 atom stereocenters. The standard InChI is InChI=1S/C14H30O.C13H28O.C2H3NO2/c1-4-6-8-10-12-14(15-3)13-11-9-7-5-2;1-3-5-7-9-11-13(14)12-10-8-6-4-2;4-1-3-2-5/h14H,4-13H2,1-3H3;13-14H,3-12H2,1-2H3;1-2H,(H,3,4,5). The highest BCUT2D eigenvalue weighted by atomic mass is 16.5. The van der Waals surface area contributed by atoms with E-state index in [0.717, 1.165) is 12.8 Å². The lowest BCUT2D eigenvalue weighted by molar-refractivity contribution is -0.117. The topological polar surface area (TPSA) is 75.6 Å². The molecule has 0 aromatic heterocycles. The number of amides is 2. The maximum atomic E-state index is 9.65. The number of carbonyl (C=O) groups is 2. The molecule has 2 amide bonds. The van der Waals surface area contributed by atoms with Gasteiger partial charge in [-0.15, -0.1) is 0 Å². The van der Waals surface area contributed by atoms with Crippen LogP contribution in [0.5, 0.6) is 0 Å². The first-order valence-corrected chi connectivity index (χ1v) is 14.4. The van der Waals surface area contributed by atoms with Gasteiger partial charge in [-0.25, -0.2) is 0 Å². The fraction of sp³-hybridized carbons (Fsp3) is 0.931. The highest BCUT2D eigenvalue weighted by Crippen LogP contribution is 2.14. The van der Waals surface area contributed by atoms with Gasteiger partial charge in [0.05, 0.1) is 12.2 Å². The van der Waals surface area contributed by atoms with Crippen LogP contribution in [0.2, 0.25) is 0 Å². The largest absolute Gasteiger partial charge is 0.393 e. The second-order valence-electron chi connectivity index (χ2n) is 9.31. The Morgan fingerprint density at radius 1 is 0.588 bits per heavy atom. The molecule has 0 saturated heterocycles. The Hall–Kier alpha value is -0.940. The van der Waals surface area contributed by atoms with Crippen molar-refractivity contribution in [1.29, 1.82) is 0 Å². The monoisotopic (exact) mass is 487 g/mol. The van der Waals surface area contributed by atoms with E-state index in [1.165, 1.54) is 116 Å². The van der Waals surface area contributed by atoms with Gasteiger partial charge in [-0.05, 0) is 25.7 Å². The van der Waals surface area contributed by atoms with Crippen molar-refractivity contribution in [1.82, 2.24) is 5.32 Å². The van der Waals surface area contributed by atoms with Crippen LogP contribution in [0.1, 0.15) is 156 Å². The van der Waals surface area contributed by atoms with E-state index in [-0.39, 0.29) is 6.10 Å². The van der Waals surface area contributed by atoms with Crippen LogP contribution in [0.4, 0.5) is 0 Å². The zero-order chi connectivity index (χ0) is 26.1. The summed E-state index contributed by atoms with van der Waals surface area (Å²) in [6, 6.07) is 0. The molecule has 5 nitrogen and oxygen atoms in total. The van der Waals surface area contributed by atoms with Crippen molar-refractivity contribution in [3.8, 4) is 0 Å². The van der Waals surface area contributed by atoms with Crippen LogP contribution >= 0.6 is 0 Å². The molecule has 0 unspecified atom stereocenters. The minimum absolute atomic E-state index is 0.0243. The smallest absolute Gasteiger partial charge is 0.213 e. The van der Waals surface area contributed by atoms with Gasteiger partial charge in [-0.1, -0.05) is 130 Å². The molecule has 2 N–H and O–H groups in total. The average Bonchev–Trinajstić information content (AvgIpc) is 2.85. The maximum Gasteiger partial charge on any atom is 0.213 e. The summed E-state index contributed by atoms with van der Waals surface area (Å²) < 4.78 is 5.51. The van der Waals surface area contributed by atoms with E-state index in [4.69, 9.17) is 14.3 Å². The first-order chi connectivity index (χ1) is 16.6. The Morgan fingerprint density at radius 3 is 1.15 bits per heavy atom. The van der Waals surface area contributed by atoms with Crippen molar-refractivity contribution >= 4 is 12.8 Å². The fourth-order valence-corrected chi connectivity index (χ4v) is 3.76. The van der Waals surface area contributed by atoms with Gasteiger partial charge in [0.15, 0.2) is 0 Å². The molecular formula is C29H61NO4. The van der Waals surface area contributed by atoms with Crippen molar-refractivity contribution in [2.75, 3.05) is 7.11 Å². The highest BCUT2D eigenvalue weighted by Gasteiger charge is 2.06. The molecule has 0 radical (unpaired) electrons. The molecule has 206 valence electrons. The third-order valence-corrected chi connectivity index (χ3v) is 6.01. The first-order valence-electron chi connectivity index (χ1n) is 14.4. The Morgan fingerprint density at radius 2 is 0.912 bits per heavy atom. The number of ether oxygens (including phenoxy) is 1. The summed E-state index contributed by atoms with van der Waals surface area (Å²) in [6.07, 6.45) is 26.8. The molecule has 34 heavy (non-hydrogen) atoms. The molecule has 5 heteroatoms. The summed E-state index contributed by atoms with van der Waals surface area (Å²) in [5.41, 5.74) is 0. The SMILES string of the molecule is CCCCCCC(CCCCCC)OC.CCCCCCC(O)CCCCCC.O=CNC=O. The van der Waals surface area contributed by atoms with E-state index in [0.29, 0.717) is 18.9 Å². The molecular weight excluding hydrogens is 426 g/mol. The molecule has 0 bridgehead atoms. The minimum atomic E-state index is -0.0243. The number of aliphatic hydroxyl groups is 1. The Balaban J connectivity index is -0.000000473. The molecule has 0 aliphatic rings. The molecule has 0 spiro atoms. The van der Waals surface area contributed by atoms with Gasteiger partial charge in [0.2, 0.25) is 12.8 Å². The normalized spacial score (nSPS) is 10.4. The van der Waals surface area contributed by atoms with Crippen LogP contribution in [-0.2, 0) is 14.3 Å². The lowest BCUT2D eigenvalue weighted by atomic mass is 10.0. The maximum absolute atomic E-state index is 9.65. The van der Waals surface area contributed by atoms with Crippen LogP contribution in [-0.4, -0.2) is 37.2 Å². The van der Waals surface area contributed by atoms with Crippen LogP contribution < -0.4 is 5.32 Å². The lowest BCUT2D eigenvalue weighted by Crippen LogP contribution is -2.10. The number of rotatable bonds is 23. The fourth-order valence-electron chi connectivity index (χ4n) is 3.76. The second kappa shape index (κ2) is 36.6. The molecule has 0 aromatic rings. The summed E-state index contributed by atoms with van der Waals surface area (Å²) in [6.45, 7) is 8.97. The number of nitrogens with one attached hydrogen (secondary N) is 1. The molecule has 0 heterocycles. The second-order valence-corrected chi connectivity index (χ2v) is 9.31. The van der Waals surface area contributed by atoms with Crippen LogP contribution in [0.25, 0.3) is 0 Å². The first kappa shape index (κ1) is 37.6. The summed E-state index contributed by atoms with van der Waals surface area (Å²) in [5, 5.41) is 11.4. The van der Waals surface area contributed by atoms with E-state index in [1.807, 2.05) is 7.11 Å². The zero-order valence-corrected chi connectivity index (χ0v) is 23.6. The molecule has 0 rings (SSSR count). The van der Waals surface area contributed by atoms with E-state index < -0.39 is 0 Å². The van der Waals surface area contributed by atoms with Crippen LogP contribution in [0.3, 0.4) is 0 Å². The van der Waals surface area contributed by atoms with Crippen LogP contribution in [0.15, 0.2) is 0 Å². The van der Waals surface area contributed by atoms with Crippen molar-refractivity contribution < 1.29 is 19.4 Å². The summed E-state index contributed by atoms with van der Waals surface area (Å²) >= 11 is 0. The van der Waals surface area contributed by atoms with E-state index in [1.54, 1.807) is 5.32 Å². The predicted molar refractivity (Wildman–Crippen MR) is 147 cm³/mol. The predicted octanol–water partition coefficient (Wildman–Crippen LogP) is 8.12. The van der Waals surface area contributed by atoms with Gasteiger partial charge < -0.3 is 15.2 Å². The molecule has 0 aromatic carbocycles. The molecule has 0 saturated carbocycles. The summed E-state index contributed by atoms with van der Waals surface area (Å²) in [5.74, 6) is 0. The number of hydrogen-bond donors (Lipinski definition) is 2. The molecule has 0 aliphatic carbocycles. The number of methoxy groups -OCH3 is 1. The average molecular weight is 488 g/mol. The number of aliphatic hydroxyl groups excluding tert-OH is 1. The van der Waals surface area contributed by atoms with Gasteiger partial charge in [0, 0.05) is 7.11 Å². The number of carbonyl (C=O) groups excluding carboxylic acids is 2. The van der Waals surface area contributed by atoms with Crippen molar-refractivity contribution in [2.45, 2.75) is 168 Å². The highest BCUT2D eigenvalue weighted by molar-refractivity contribution is 5.67. The minimum Gasteiger partial charge on any atom is -0.393 e. The Labute approximate surface area is 213 Å².